The summed E-state index contributed by atoms with van der Waals surface area (Å²) in [4.78, 5) is 12.1. The number of nitrogens with one attached hydrogen (secondary N) is 1. The quantitative estimate of drug-likeness (QED) is 0.785. The molecule has 0 aliphatic rings. The largest absolute Gasteiger partial charge is 0.383 e. The predicted molar refractivity (Wildman–Crippen MR) is 88.2 cm³/mol. The molecule has 1 N–H and O–H groups in total. The van der Waals surface area contributed by atoms with Crippen molar-refractivity contribution >= 4 is 16.7 Å². The van der Waals surface area contributed by atoms with Crippen LogP contribution in [0.4, 0.5) is 0 Å². The molecule has 0 bridgehead atoms. The van der Waals surface area contributed by atoms with E-state index >= 15 is 0 Å². The van der Waals surface area contributed by atoms with Gasteiger partial charge in [-0.15, -0.1) is 0 Å². The lowest BCUT2D eigenvalue weighted by molar-refractivity contribution is 0.0896. The van der Waals surface area contributed by atoms with Gasteiger partial charge in [0.25, 0.3) is 5.91 Å². The standard InChI is InChI=1S/C18H18N2O3/c1-12(11-22-2)19-18(21)16-10-17(23-20-16)15-8-7-13-5-3-4-6-14(13)9-15/h3-10,12H,11H2,1-2H3,(H,19,21)/t12-/m0/s1. The van der Waals surface area contributed by atoms with Gasteiger partial charge in [0.1, 0.15) is 0 Å². The van der Waals surface area contributed by atoms with Crippen LogP contribution in [0.1, 0.15) is 17.4 Å². The highest BCUT2D eigenvalue weighted by Crippen LogP contribution is 2.25. The van der Waals surface area contributed by atoms with Crippen molar-refractivity contribution in [2.45, 2.75) is 13.0 Å². The van der Waals surface area contributed by atoms with Crippen LogP contribution in [-0.4, -0.2) is 30.8 Å². The number of aromatic nitrogens is 1. The van der Waals surface area contributed by atoms with Crippen LogP contribution >= 0.6 is 0 Å². The van der Waals surface area contributed by atoms with Crippen molar-refractivity contribution in [1.82, 2.24) is 10.5 Å². The third kappa shape index (κ3) is 3.40. The average Bonchev–Trinajstić information content (AvgIpc) is 3.04. The number of rotatable bonds is 5. The minimum absolute atomic E-state index is 0.0895. The van der Waals surface area contributed by atoms with E-state index in [1.807, 2.05) is 43.3 Å². The molecule has 0 radical (unpaired) electrons. The van der Waals surface area contributed by atoms with Gasteiger partial charge >= 0.3 is 0 Å². The number of benzene rings is 2. The van der Waals surface area contributed by atoms with Crippen LogP contribution in [0.2, 0.25) is 0 Å². The van der Waals surface area contributed by atoms with E-state index in [9.17, 15) is 4.79 Å². The van der Waals surface area contributed by atoms with Crippen LogP contribution in [0.5, 0.6) is 0 Å². The van der Waals surface area contributed by atoms with Crippen molar-refractivity contribution in [2.75, 3.05) is 13.7 Å². The fourth-order valence-corrected chi connectivity index (χ4v) is 2.45. The average molecular weight is 310 g/mol. The number of carbonyl (C=O) groups excluding carboxylic acids is 1. The molecule has 0 fully saturated rings. The SMILES string of the molecule is COC[C@H](C)NC(=O)c1cc(-c2ccc3ccccc3c2)on1. The molecule has 118 valence electrons. The van der Waals surface area contributed by atoms with Crippen molar-refractivity contribution in [3.8, 4) is 11.3 Å². The van der Waals surface area contributed by atoms with Gasteiger partial charge in [-0.3, -0.25) is 4.79 Å². The molecule has 2 aromatic carbocycles. The topological polar surface area (TPSA) is 64.4 Å². The molecule has 1 aromatic heterocycles. The van der Waals surface area contributed by atoms with Gasteiger partial charge in [-0.2, -0.15) is 0 Å². The first-order valence-electron chi connectivity index (χ1n) is 7.43. The van der Waals surface area contributed by atoms with Crippen LogP contribution in [0.25, 0.3) is 22.1 Å². The smallest absolute Gasteiger partial charge is 0.273 e. The van der Waals surface area contributed by atoms with Crippen molar-refractivity contribution in [3.05, 3.63) is 54.2 Å². The minimum Gasteiger partial charge on any atom is -0.383 e. The highest BCUT2D eigenvalue weighted by atomic mass is 16.5. The molecule has 0 spiro atoms. The summed E-state index contributed by atoms with van der Waals surface area (Å²) < 4.78 is 10.3. The number of hydrogen-bond donors (Lipinski definition) is 1. The lowest BCUT2D eigenvalue weighted by atomic mass is 10.1. The van der Waals surface area contributed by atoms with Gasteiger partial charge in [0, 0.05) is 24.8 Å². The molecule has 3 aromatic rings. The molecule has 1 atom stereocenters. The Bertz CT molecular complexity index is 826. The summed E-state index contributed by atoms with van der Waals surface area (Å²) in [6.07, 6.45) is 0. The molecule has 0 saturated carbocycles. The number of methoxy groups -OCH3 is 1. The Labute approximate surface area is 134 Å². The van der Waals surface area contributed by atoms with Crippen LogP contribution in [0, 0.1) is 0 Å². The van der Waals surface area contributed by atoms with Gasteiger partial charge in [0.05, 0.1) is 6.61 Å². The third-order valence-electron chi connectivity index (χ3n) is 3.57. The van der Waals surface area contributed by atoms with Gasteiger partial charge < -0.3 is 14.6 Å². The summed E-state index contributed by atoms with van der Waals surface area (Å²) in [7, 11) is 1.59. The number of amides is 1. The first-order valence-corrected chi connectivity index (χ1v) is 7.43. The van der Waals surface area contributed by atoms with Gasteiger partial charge in [-0.1, -0.05) is 41.6 Å². The maximum Gasteiger partial charge on any atom is 0.273 e. The maximum absolute atomic E-state index is 12.1. The maximum atomic E-state index is 12.1. The number of hydrogen-bond acceptors (Lipinski definition) is 4. The summed E-state index contributed by atoms with van der Waals surface area (Å²) in [6, 6.07) is 15.6. The Morgan fingerprint density at radius 1 is 1.22 bits per heavy atom. The highest BCUT2D eigenvalue weighted by Gasteiger charge is 2.15. The molecule has 0 unspecified atom stereocenters. The Hall–Kier alpha value is -2.66. The summed E-state index contributed by atoms with van der Waals surface area (Å²) in [5.41, 5.74) is 1.15. The number of fused-ring (bicyclic) bond motifs is 1. The summed E-state index contributed by atoms with van der Waals surface area (Å²) >= 11 is 0. The van der Waals surface area contributed by atoms with E-state index in [1.54, 1.807) is 13.2 Å². The second-order valence-corrected chi connectivity index (χ2v) is 5.47. The van der Waals surface area contributed by atoms with Crippen LogP contribution < -0.4 is 5.32 Å². The predicted octanol–water partition coefficient (Wildman–Crippen LogP) is 3.26. The third-order valence-corrected chi connectivity index (χ3v) is 3.57. The fraction of sp³-hybridized carbons (Fsp3) is 0.222. The van der Waals surface area contributed by atoms with E-state index in [1.165, 1.54) is 0 Å². The molecule has 5 nitrogen and oxygen atoms in total. The van der Waals surface area contributed by atoms with E-state index in [0.717, 1.165) is 16.3 Å². The molecule has 5 heteroatoms. The van der Waals surface area contributed by atoms with Crippen LogP contribution in [-0.2, 0) is 4.74 Å². The van der Waals surface area contributed by atoms with Crippen molar-refractivity contribution in [2.24, 2.45) is 0 Å². The van der Waals surface area contributed by atoms with E-state index in [0.29, 0.717) is 12.4 Å². The van der Waals surface area contributed by atoms with E-state index in [-0.39, 0.29) is 17.6 Å². The second-order valence-electron chi connectivity index (χ2n) is 5.47. The van der Waals surface area contributed by atoms with Crippen molar-refractivity contribution in [1.29, 1.82) is 0 Å². The zero-order chi connectivity index (χ0) is 16.2. The van der Waals surface area contributed by atoms with Gasteiger partial charge in [-0.05, 0) is 23.8 Å². The second kappa shape index (κ2) is 6.62. The summed E-state index contributed by atoms with van der Waals surface area (Å²) in [6.45, 7) is 2.31. The summed E-state index contributed by atoms with van der Waals surface area (Å²) in [5, 5.41) is 8.93. The normalized spacial score (nSPS) is 12.3. The molecule has 1 heterocycles. The Balaban J connectivity index is 1.81. The minimum atomic E-state index is -0.273. The molecule has 3 rings (SSSR count). The lowest BCUT2D eigenvalue weighted by Gasteiger charge is -2.10. The van der Waals surface area contributed by atoms with Gasteiger partial charge in [0.15, 0.2) is 11.5 Å². The lowest BCUT2D eigenvalue weighted by Crippen LogP contribution is -2.35. The zero-order valence-corrected chi connectivity index (χ0v) is 13.1. The van der Waals surface area contributed by atoms with Gasteiger partial charge in [0.2, 0.25) is 0 Å². The first kappa shape index (κ1) is 15.2. The number of nitrogens with zero attached hydrogens (tertiary/aromatic N) is 1. The molecule has 0 saturated heterocycles. The molecular formula is C18H18N2O3. The van der Waals surface area contributed by atoms with Crippen molar-refractivity contribution in [3.63, 3.8) is 0 Å². The first-order chi connectivity index (χ1) is 11.2. The molecule has 1 amide bonds. The Kier molecular flexibility index (Phi) is 4.39. The molecule has 0 aliphatic carbocycles. The number of ether oxygens (including phenoxy) is 1. The summed E-state index contributed by atoms with van der Waals surface area (Å²) in [5.74, 6) is 0.297. The van der Waals surface area contributed by atoms with Gasteiger partial charge in [-0.25, -0.2) is 0 Å². The molecular weight excluding hydrogens is 292 g/mol. The van der Waals surface area contributed by atoms with E-state index < -0.39 is 0 Å². The van der Waals surface area contributed by atoms with Crippen LogP contribution in [0.15, 0.2) is 53.1 Å². The zero-order valence-electron chi connectivity index (χ0n) is 13.1. The Morgan fingerprint density at radius 3 is 2.78 bits per heavy atom. The Morgan fingerprint density at radius 2 is 2.00 bits per heavy atom. The monoisotopic (exact) mass is 310 g/mol. The van der Waals surface area contributed by atoms with Crippen molar-refractivity contribution < 1.29 is 14.1 Å². The number of carbonyl (C=O) groups is 1. The molecule has 0 aliphatic heterocycles. The van der Waals surface area contributed by atoms with Crippen LogP contribution in [0.3, 0.4) is 0 Å². The highest BCUT2D eigenvalue weighted by molar-refractivity contribution is 5.93. The fourth-order valence-electron chi connectivity index (χ4n) is 2.45. The van der Waals surface area contributed by atoms with E-state index in [2.05, 4.69) is 16.5 Å². The molecule has 23 heavy (non-hydrogen) atoms. The van der Waals surface area contributed by atoms with E-state index in [4.69, 9.17) is 9.26 Å².